The molecule has 0 bridgehead atoms. The SMILES string of the molecule is C[C@H](Nc1nc(N)ncc1C(=O)N1CCC1)c1cc2cccc(Cl)c2c(=O)n1-c1ccccc1. The second kappa shape index (κ2) is 8.79. The zero-order valence-corrected chi connectivity index (χ0v) is 19.3. The summed E-state index contributed by atoms with van der Waals surface area (Å²) in [5.74, 6) is 0.238. The molecule has 0 aliphatic carbocycles. The summed E-state index contributed by atoms with van der Waals surface area (Å²) in [6.45, 7) is 3.31. The molecule has 3 N–H and O–H groups in total. The van der Waals surface area contributed by atoms with Crippen LogP contribution in [-0.4, -0.2) is 38.4 Å². The van der Waals surface area contributed by atoms with Gasteiger partial charge in [-0.2, -0.15) is 4.98 Å². The lowest BCUT2D eigenvalue weighted by Crippen LogP contribution is -2.42. The molecule has 0 unspecified atom stereocenters. The number of pyridine rings is 1. The van der Waals surface area contributed by atoms with Gasteiger partial charge in [0.2, 0.25) is 5.95 Å². The fraction of sp³-hybridized carbons (Fsp3) is 0.200. The van der Waals surface area contributed by atoms with Gasteiger partial charge in [0.05, 0.1) is 16.5 Å². The molecule has 0 saturated carbocycles. The van der Waals surface area contributed by atoms with Gasteiger partial charge in [-0.25, -0.2) is 4.98 Å². The lowest BCUT2D eigenvalue weighted by Gasteiger charge is -2.31. The third-order valence-electron chi connectivity index (χ3n) is 6.02. The summed E-state index contributed by atoms with van der Waals surface area (Å²) >= 11 is 6.40. The first-order chi connectivity index (χ1) is 16.4. The number of halogens is 1. The normalized spacial score (nSPS) is 14.0. The predicted octanol–water partition coefficient (Wildman–Crippen LogP) is 4.04. The predicted molar refractivity (Wildman–Crippen MR) is 134 cm³/mol. The van der Waals surface area contributed by atoms with Crippen LogP contribution in [-0.2, 0) is 0 Å². The number of nitrogens with two attached hydrogens (primary N) is 1. The molecule has 1 fully saturated rings. The lowest BCUT2D eigenvalue weighted by atomic mass is 10.1. The number of anilines is 2. The summed E-state index contributed by atoms with van der Waals surface area (Å²) in [5.41, 5.74) is 7.36. The van der Waals surface area contributed by atoms with Crippen LogP contribution in [0, 0.1) is 0 Å². The maximum absolute atomic E-state index is 13.6. The van der Waals surface area contributed by atoms with Crippen molar-refractivity contribution in [2.75, 3.05) is 24.1 Å². The van der Waals surface area contributed by atoms with Crippen molar-refractivity contribution in [3.8, 4) is 5.69 Å². The molecule has 3 heterocycles. The third-order valence-corrected chi connectivity index (χ3v) is 6.33. The standard InChI is InChI=1S/C25H23ClN6O2/c1-15(29-22-18(14-28-25(27)30-22)23(33)31-11-6-12-31)20-13-16-7-5-10-19(26)21(16)24(34)32(20)17-8-3-2-4-9-17/h2-5,7-10,13-15H,6,11-12H2,1H3,(H3,27,28,29,30)/t15-/m0/s1. The molecule has 8 nitrogen and oxygen atoms in total. The van der Waals surface area contributed by atoms with Gasteiger partial charge in [0.1, 0.15) is 11.4 Å². The number of fused-ring (bicyclic) bond motifs is 1. The minimum atomic E-state index is -0.409. The number of nitrogen functional groups attached to an aromatic ring is 1. The first kappa shape index (κ1) is 21.9. The molecule has 1 amide bonds. The largest absolute Gasteiger partial charge is 0.368 e. The molecular weight excluding hydrogens is 452 g/mol. The number of nitrogens with one attached hydrogen (secondary N) is 1. The maximum atomic E-state index is 13.6. The number of benzene rings is 2. The fourth-order valence-corrected chi connectivity index (χ4v) is 4.40. The summed E-state index contributed by atoms with van der Waals surface area (Å²) < 4.78 is 1.63. The Hall–Kier alpha value is -3.91. The second-order valence-electron chi connectivity index (χ2n) is 8.25. The van der Waals surface area contributed by atoms with Crippen molar-refractivity contribution < 1.29 is 4.79 Å². The molecule has 1 saturated heterocycles. The van der Waals surface area contributed by atoms with E-state index in [0.717, 1.165) is 11.8 Å². The molecule has 34 heavy (non-hydrogen) atoms. The number of para-hydroxylation sites is 1. The zero-order chi connectivity index (χ0) is 23.8. The highest BCUT2D eigenvalue weighted by molar-refractivity contribution is 6.35. The average molecular weight is 475 g/mol. The number of carbonyl (C=O) groups excluding carboxylic acids is 1. The van der Waals surface area contributed by atoms with Gasteiger partial charge in [-0.3, -0.25) is 14.2 Å². The molecule has 1 aliphatic heterocycles. The molecular formula is C25H23ClN6O2. The lowest BCUT2D eigenvalue weighted by molar-refractivity contribution is 0.0652. The van der Waals surface area contributed by atoms with Crippen molar-refractivity contribution >= 4 is 40.0 Å². The number of aromatic nitrogens is 3. The first-order valence-corrected chi connectivity index (χ1v) is 11.4. The highest BCUT2D eigenvalue weighted by Gasteiger charge is 2.26. The smallest absolute Gasteiger partial charge is 0.264 e. The van der Waals surface area contributed by atoms with E-state index in [0.29, 0.717) is 46.3 Å². The van der Waals surface area contributed by atoms with Crippen LogP contribution in [0.4, 0.5) is 11.8 Å². The number of carbonyl (C=O) groups is 1. The summed E-state index contributed by atoms with van der Waals surface area (Å²) in [6.07, 6.45) is 2.42. The van der Waals surface area contributed by atoms with Crippen molar-refractivity contribution in [3.63, 3.8) is 0 Å². The molecule has 1 atom stereocenters. The molecule has 172 valence electrons. The van der Waals surface area contributed by atoms with Crippen LogP contribution in [0.25, 0.3) is 16.5 Å². The van der Waals surface area contributed by atoms with Crippen molar-refractivity contribution in [3.05, 3.63) is 87.4 Å². The van der Waals surface area contributed by atoms with E-state index < -0.39 is 6.04 Å². The van der Waals surface area contributed by atoms with Crippen molar-refractivity contribution in [1.82, 2.24) is 19.4 Å². The van der Waals surface area contributed by atoms with Crippen LogP contribution in [0.15, 0.2) is 65.6 Å². The van der Waals surface area contributed by atoms with Crippen LogP contribution in [0.2, 0.25) is 5.02 Å². The Morgan fingerprint density at radius 2 is 1.91 bits per heavy atom. The topological polar surface area (TPSA) is 106 Å². The summed E-state index contributed by atoms with van der Waals surface area (Å²) in [5, 5.41) is 4.87. The Morgan fingerprint density at radius 1 is 1.15 bits per heavy atom. The van der Waals surface area contributed by atoms with Gasteiger partial charge >= 0.3 is 0 Å². The number of hydrogen-bond acceptors (Lipinski definition) is 6. The van der Waals surface area contributed by atoms with Gasteiger partial charge in [-0.1, -0.05) is 41.9 Å². The summed E-state index contributed by atoms with van der Waals surface area (Å²) in [7, 11) is 0. The molecule has 0 spiro atoms. The number of rotatable bonds is 5. The monoisotopic (exact) mass is 474 g/mol. The van der Waals surface area contributed by atoms with Crippen LogP contribution in [0.1, 0.15) is 35.4 Å². The van der Waals surface area contributed by atoms with Gasteiger partial charge in [-0.15, -0.1) is 0 Å². The zero-order valence-electron chi connectivity index (χ0n) is 18.5. The average Bonchev–Trinajstić information content (AvgIpc) is 2.78. The Labute approximate surface area is 201 Å². The number of hydrogen-bond donors (Lipinski definition) is 2. The van der Waals surface area contributed by atoms with E-state index in [1.807, 2.05) is 55.5 Å². The molecule has 0 radical (unpaired) electrons. The molecule has 1 aliphatic rings. The molecule has 9 heteroatoms. The highest BCUT2D eigenvalue weighted by atomic mass is 35.5. The van der Waals surface area contributed by atoms with Crippen molar-refractivity contribution in [2.24, 2.45) is 0 Å². The van der Waals surface area contributed by atoms with Gasteiger partial charge < -0.3 is 16.0 Å². The van der Waals surface area contributed by atoms with Crippen molar-refractivity contribution in [1.29, 1.82) is 0 Å². The first-order valence-electron chi connectivity index (χ1n) is 11.0. The quantitative estimate of drug-likeness (QED) is 0.452. The fourth-order valence-electron chi connectivity index (χ4n) is 4.13. The van der Waals surface area contributed by atoms with Crippen LogP contribution < -0.4 is 16.6 Å². The maximum Gasteiger partial charge on any atom is 0.264 e. The van der Waals surface area contributed by atoms with Crippen molar-refractivity contribution in [2.45, 2.75) is 19.4 Å². The number of likely N-dealkylation sites (tertiary alicyclic amines) is 1. The minimum absolute atomic E-state index is 0.0561. The Kier molecular flexibility index (Phi) is 5.67. The summed E-state index contributed by atoms with van der Waals surface area (Å²) in [6, 6.07) is 16.3. The minimum Gasteiger partial charge on any atom is -0.368 e. The molecule has 4 aromatic rings. The van der Waals surface area contributed by atoms with E-state index in [4.69, 9.17) is 17.3 Å². The Morgan fingerprint density at radius 3 is 2.62 bits per heavy atom. The summed E-state index contributed by atoms with van der Waals surface area (Å²) in [4.78, 5) is 36.6. The van der Waals surface area contributed by atoms with E-state index in [-0.39, 0.29) is 17.4 Å². The number of amides is 1. The van der Waals surface area contributed by atoms with Gasteiger partial charge in [-0.05, 0) is 43.0 Å². The van der Waals surface area contributed by atoms with E-state index in [9.17, 15) is 9.59 Å². The van der Waals surface area contributed by atoms with Crippen LogP contribution in [0.3, 0.4) is 0 Å². The Balaban J connectivity index is 1.63. The van der Waals surface area contributed by atoms with E-state index in [2.05, 4.69) is 15.3 Å². The van der Waals surface area contributed by atoms with E-state index in [1.54, 1.807) is 15.5 Å². The van der Waals surface area contributed by atoms with Gasteiger partial charge in [0, 0.05) is 30.7 Å². The van der Waals surface area contributed by atoms with E-state index in [1.165, 1.54) is 6.20 Å². The van der Waals surface area contributed by atoms with Gasteiger partial charge in [0.15, 0.2) is 0 Å². The van der Waals surface area contributed by atoms with Crippen LogP contribution >= 0.6 is 11.6 Å². The highest BCUT2D eigenvalue weighted by Crippen LogP contribution is 2.28. The molecule has 2 aromatic heterocycles. The molecule has 2 aromatic carbocycles. The van der Waals surface area contributed by atoms with Gasteiger partial charge in [0.25, 0.3) is 11.5 Å². The van der Waals surface area contributed by atoms with Crippen LogP contribution in [0.5, 0.6) is 0 Å². The van der Waals surface area contributed by atoms with E-state index >= 15 is 0 Å². The third kappa shape index (κ3) is 3.86. The molecule has 5 rings (SSSR count). The Bertz CT molecular complexity index is 1450. The number of nitrogens with zero attached hydrogens (tertiary/aromatic N) is 4. The second-order valence-corrected chi connectivity index (χ2v) is 8.66.